The van der Waals surface area contributed by atoms with Crippen LogP contribution in [-0.2, 0) is 11.0 Å². The van der Waals surface area contributed by atoms with Gasteiger partial charge in [-0.3, -0.25) is 4.79 Å². The number of anilines is 1. The van der Waals surface area contributed by atoms with Gasteiger partial charge < -0.3 is 4.90 Å². The van der Waals surface area contributed by atoms with Crippen LogP contribution in [-0.4, -0.2) is 23.9 Å². The van der Waals surface area contributed by atoms with Crippen LogP contribution in [0.2, 0.25) is 0 Å². The van der Waals surface area contributed by atoms with Crippen LogP contribution in [0.3, 0.4) is 0 Å². The summed E-state index contributed by atoms with van der Waals surface area (Å²) in [5, 5.41) is 0. The number of aryl methyl sites for hydroxylation is 1. The normalized spacial score (nSPS) is 17.1. The van der Waals surface area contributed by atoms with E-state index in [1.807, 2.05) is 0 Å². The molecule has 0 radical (unpaired) electrons. The Balaban J connectivity index is 2.29. The number of nitrogens with zero attached hydrogens (tertiary/aromatic N) is 2. The maximum Gasteiger partial charge on any atom is 0.433 e. The molecule has 2 rings (SSSR count). The lowest BCUT2D eigenvalue weighted by Crippen LogP contribution is -2.35. The van der Waals surface area contributed by atoms with Gasteiger partial charge in [-0.1, -0.05) is 6.07 Å². The second-order valence-corrected chi connectivity index (χ2v) is 4.36. The minimum Gasteiger partial charge on any atom is -0.356 e. The monoisotopic (exact) mass is 258 g/mol. The van der Waals surface area contributed by atoms with Crippen molar-refractivity contribution in [3.8, 4) is 0 Å². The molecular formula is C12H13F3N2O. The number of hydrogen-bond acceptors (Lipinski definition) is 3. The third kappa shape index (κ3) is 2.63. The molecule has 1 aromatic rings. The average molecular weight is 258 g/mol. The maximum absolute atomic E-state index is 12.6. The van der Waals surface area contributed by atoms with E-state index in [2.05, 4.69) is 4.98 Å². The summed E-state index contributed by atoms with van der Waals surface area (Å²) >= 11 is 0. The zero-order valence-corrected chi connectivity index (χ0v) is 9.92. The zero-order chi connectivity index (χ0) is 13.3. The molecule has 1 fully saturated rings. The number of carbonyl (C=O) groups excluding carboxylic acids is 1. The largest absolute Gasteiger partial charge is 0.433 e. The smallest absolute Gasteiger partial charge is 0.356 e. The number of alkyl halides is 3. The van der Waals surface area contributed by atoms with Gasteiger partial charge in [0.2, 0.25) is 0 Å². The predicted molar refractivity (Wildman–Crippen MR) is 60.4 cm³/mol. The Morgan fingerprint density at radius 1 is 1.22 bits per heavy atom. The molecule has 1 saturated heterocycles. The molecule has 0 amide bonds. The van der Waals surface area contributed by atoms with Crippen LogP contribution in [0.4, 0.5) is 19.0 Å². The van der Waals surface area contributed by atoms with E-state index in [-0.39, 0.29) is 5.78 Å². The number of hydrogen-bond donors (Lipinski definition) is 0. The van der Waals surface area contributed by atoms with E-state index >= 15 is 0 Å². The van der Waals surface area contributed by atoms with Crippen LogP contribution in [0.25, 0.3) is 0 Å². The van der Waals surface area contributed by atoms with Gasteiger partial charge in [-0.05, 0) is 18.6 Å². The lowest BCUT2D eigenvalue weighted by molar-refractivity contribution is -0.141. The molecule has 0 unspecified atom stereocenters. The highest BCUT2D eigenvalue weighted by molar-refractivity contribution is 5.81. The zero-order valence-electron chi connectivity index (χ0n) is 9.92. The fourth-order valence-corrected chi connectivity index (χ4v) is 1.96. The highest BCUT2D eigenvalue weighted by Gasteiger charge is 2.33. The molecule has 6 heteroatoms. The number of Topliss-reactive ketones (excluding diaryl/α,β-unsaturated/α-hetero) is 1. The maximum atomic E-state index is 12.6. The third-order valence-corrected chi connectivity index (χ3v) is 2.98. The molecule has 0 atom stereocenters. The highest BCUT2D eigenvalue weighted by atomic mass is 19.4. The first-order valence-corrected chi connectivity index (χ1v) is 5.69. The van der Waals surface area contributed by atoms with Crippen LogP contribution >= 0.6 is 0 Å². The topological polar surface area (TPSA) is 33.2 Å². The van der Waals surface area contributed by atoms with E-state index in [1.54, 1.807) is 11.8 Å². The van der Waals surface area contributed by atoms with Crippen molar-refractivity contribution < 1.29 is 18.0 Å². The van der Waals surface area contributed by atoms with E-state index in [0.717, 1.165) is 6.07 Å². The fraction of sp³-hybridized carbons (Fsp3) is 0.500. The number of piperidine rings is 1. The SMILES string of the molecule is Cc1ccc(C(F)(F)F)nc1N1CCC(=O)CC1. The number of ketones is 1. The van der Waals surface area contributed by atoms with Gasteiger partial charge in [0.05, 0.1) is 0 Å². The Morgan fingerprint density at radius 3 is 2.39 bits per heavy atom. The molecule has 0 aromatic carbocycles. The summed E-state index contributed by atoms with van der Waals surface area (Å²) in [6.45, 7) is 2.60. The van der Waals surface area contributed by atoms with Gasteiger partial charge in [0, 0.05) is 25.9 Å². The number of carbonyl (C=O) groups is 1. The van der Waals surface area contributed by atoms with Crippen LogP contribution in [0, 0.1) is 6.92 Å². The molecule has 1 aromatic heterocycles. The summed E-state index contributed by atoms with van der Waals surface area (Å²) in [7, 11) is 0. The minimum atomic E-state index is -4.44. The van der Waals surface area contributed by atoms with Crippen LogP contribution < -0.4 is 4.90 Å². The van der Waals surface area contributed by atoms with Crippen molar-refractivity contribution in [1.82, 2.24) is 4.98 Å². The summed E-state index contributed by atoms with van der Waals surface area (Å²) in [6, 6.07) is 2.40. The molecule has 0 aliphatic carbocycles. The summed E-state index contributed by atoms with van der Waals surface area (Å²) < 4.78 is 37.8. The quantitative estimate of drug-likeness (QED) is 0.776. The van der Waals surface area contributed by atoms with Crippen LogP contribution in [0.5, 0.6) is 0 Å². The number of aromatic nitrogens is 1. The van der Waals surface area contributed by atoms with E-state index in [9.17, 15) is 18.0 Å². The Kier molecular flexibility index (Phi) is 3.28. The molecule has 3 nitrogen and oxygen atoms in total. The van der Waals surface area contributed by atoms with E-state index in [1.165, 1.54) is 6.07 Å². The van der Waals surface area contributed by atoms with E-state index in [4.69, 9.17) is 0 Å². The van der Waals surface area contributed by atoms with Crippen LogP contribution in [0.1, 0.15) is 24.1 Å². The molecule has 18 heavy (non-hydrogen) atoms. The van der Waals surface area contributed by atoms with Crippen LogP contribution in [0.15, 0.2) is 12.1 Å². The molecule has 2 heterocycles. The minimum absolute atomic E-state index is 0.149. The lowest BCUT2D eigenvalue weighted by Gasteiger charge is -2.28. The van der Waals surface area contributed by atoms with Crippen molar-refractivity contribution in [3.05, 3.63) is 23.4 Å². The van der Waals surface area contributed by atoms with Crippen molar-refractivity contribution in [2.75, 3.05) is 18.0 Å². The third-order valence-electron chi connectivity index (χ3n) is 2.98. The van der Waals surface area contributed by atoms with Crippen molar-refractivity contribution in [2.24, 2.45) is 0 Å². The summed E-state index contributed by atoms with van der Waals surface area (Å²) in [6.07, 6.45) is -3.69. The molecule has 0 N–H and O–H groups in total. The Hall–Kier alpha value is -1.59. The van der Waals surface area contributed by atoms with Crippen molar-refractivity contribution >= 4 is 11.6 Å². The Labute approximate surface area is 103 Å². The predicted octanol–water partition coefficient (Wildman–Crippen LogP) is 2.58. The molecule has 0 spiro atoms. The second-order valence-electron chi connectivity index (χ2n) is 4.36. The van der Waals surface area contributed by atoms with Crippen molar-refractivity contribution in [3.63, 3.8) is 0 Å². The van der Waals surface area contributed by atoms with Gasteiger partial charge in [0.25, 0.3) is 0 Å². The molecule has 98 valence electrons. The molecule has 0 saturated carbocycles. The standard InChI is InChI=1S/C12H13F3N2O/c1-8-2-3-10(12(13,14)15)16-11(8)17-6-4-9(18)5-7-17/h2-3H,4-7H2,1H3. The van der Waals surface area contributed by atoms with Gasteiger partial charge in [-0.2, -0.15) is 13.2 Å². The molecular weight excluding hydrogens is 245 g/mol. The lowest BCUT2D eigenvalue weighted by atomic mass is 10.1. The number of rotatable bonds is 1. The molecule has 1 aliphatic heterocycles. The van der Waals surface area contributed by atoms with Gasteiger partial charge >= 0.3 is 6.18 Å². The summed E-state index contributed by atoms with van der Waals surface area (Å²) in [5.41, 5.74) is -0.197. The van der Waals surface area contributed by atoms with Crippen molar-refractivity contribution in [1.29, 1.82) is 0 Å². The first-order chi connectivity index (χ1) is 8.38. The Bertz CT molecular complexity index is 461. The number of halogens is 3. The Morgan fingerprint density at radius 2 is 1.83 bits per heavy atom. The first kappa shape index (κ1) is 12.9. The van der Waals surface area contributed by atoms with Gasteiger partial charge in [0.1, 0.15) is 17.3 Å². The van der Waals surface area contributed by atoms with Crippen molar-refractivity contribution in [2.45, 2.75) is 25.9 Å². The molecule has 0 bridgehead atoms. The van der Waals surface area contributed by atoms with E-state index in [0.29, 0.717) is 37.3 Å². The van der Waals surface area contributed by atoms with Gasteiger partial charge in [0.15, 0.2) is 0 Å². The summed E-state index contributed by atoms with van der Waals surface area (Å²) in [4.78, 5) is 16.5. The first-order valence-electron chi connectivity index (χ1n) is 5.69. The van der Waals surface area contributed by atoms with E-state index < -0.39 is 11.9 Å². The van der Waals surface area contributed by atoms with Gasteiger partial charge in [-0.25, -0.2) is 4.98 Å². The number of pyridine rings is 1. The summed E-state index contributed by atoms with van der Waals surface area (Å²) in [5.74, 6) is 0.480. The van der Waals surface area contributed by atoms with Gasteiger partial charge in [-0.15, -0.1) is 0 Å². The molecule has 1 aliphatic rings. The second kappa shape index (κ2) is 4.59. The average Bonchev–Trinajstić information content (AvgIpc) is 2.29. The highest BCUT2D eigenvalue weighted by Crippen LogP contribution is 2.30. The fourth-order valence-electron chi connectivity index (χ4n) is 1.96.